The summed E-state index contributed by atoms with van der Waals surface area (Å²) in [5, 5.41) is 0. The number of halogens is 1. The summed E-state index contributed by atoms with van der Waals surface area (Å²) in [5.74, 6) is 1.22. The zero-order valence-corrected chi connectivity index (χ0v) is 15.4. The second kappa shape index (κ2) is 7.33. The third kappa shape index (κ3) is 4.04. The van der Waals surface area contributed by atoms with Crippen LogP contribution in [0.15, 0.2) is 51.8 Å². The highest BCUT2D eigenvalue weighted by atomic mass is 79.9. The quantitative estimate of drug-likeness (QED) is 0.806. The van der Waals surface area contributed by atoms with Crippen LogP contribution in [0.1, 0.15) is 18.5 Å². The Hall–Kier alpha value is -1.57. The van der Waals surface area contributed by atoms with Crippen LogP contribution in [0, 0.1) is 0 Å². The summed E-state index contributed by atoms with van der Waals surface area (Å²) in [7, 11) is -0.577. The number of hydrogen-bond acceptors (Lipinski definition) is 4. The van der Waals surface area contributed by atoms with Gasteiger partial charge in [0.25, 0.3) is 0 Å². The molecule has 0 aliphatic carbocycles. The van der Waals surface area contributed by atoms with E-state index in [0.29, 0.717) is 21.5 Å². The Morgan fingerprint density at radius 3 is 2.39 bits per heavy atom. The molecule has 7 heteroatoms. The largest absolute Gasteiger partial charge is 0.497 e. The lowest BCUT2D eigenvalue weighted by molar-refractivity contribution is 0.395. The van der Waals surface area contributed by atoms with Crippen molar-refractivity contribution in [1.82, 2.24) is 4.72 Å². The molecular weight excluding hydrogens is 382 g/mol. The van der Waals surface area contributed by atoms with Crippen LogP contribution >= 0.6 is 15.9 Å². The van der Waals surface area contributed by atoms with Crippen LogP contribution in [0.25, 0.3) is 0 Å². The van der Waals surface area contributed by atoms with E-state index in [0.717, 1.165) is 0 Å². The summed E-state index contributed by atoms with van der Waals surface area (Å²) in [6, 6.07) is 11.4. The Morgan fingerprint density at radius 2 is 1.78 bits per heavy atom. The molecule has 0 saturated heterocycles. The van der Waals surface area contributed by atoms with Gasteiger partial charge >= 0.3 is 0 Å². The van der Waals surface area contributed by atoms with Crippen molar-refractivity contribution in [2.24, 2.45) is 0 Å². The molecule has 0 radical (unpaired) electrons. The molecule has 1 atom stereocenters. The molecule has 2 aromatic rings. The second-order valence-electron chi connectivity index (χ2n) is 4.88. The molecule has 0 saturated carbocycles. The SMILES string of the molecule is COc1ccc(OC)c([C@@H](C)NS(=O)(=O)c2ccccc2Br)c1. The van der Waals surface area contributed by atoms with E-state index in [1.165, 1.54) is 0 Å². The molecule has 0 fully saturated rings. The molecule has 0 heterocycles. The summed E-state index contributed by atoms with van der Waals surface area (Å²) in [6.45, 7) is 1.76. The molecule has 2 rings (SSSR count). The fraction of sp³-hybridized carbons (Fsp3) is 0.250. The van der Waals surface area contributed by atoms with Crippen LogP contribution in [0.4, 0.5) is 0 Å². The average molecular weight is 400 g/mol. The van der Waals surface area contributed by atoms with Crippen LogP contribution in [-0.4, -0.2) is 22.6 Å². The van der Waals surface area contributed by atoms with E-state index in [2.05, 4.69) is 20.7 Å². The molecule has 5 nitrogen and oxygen atoms in total. The number of benzene rings is 2. The first kappa shape index (κ1) is 17.8. The number of hydrogen-bond donors (Lipinski definition) is 1. The minimum absolute atomic E-state index is 0.189. The Morgan fingerprint density at radius 1 is 1.09 bits per heavy atom. The van der Waals surface area contributed by atoms with Gasteiger partial charge in [-0.15, -0.1) is 0 Å². The van der Waals surface area contributed by atoms with Gasteiger partial charge in [-0.2, -0.15) is 0 Å². The maximum atomic E-state index is 12.6. The van der Waals surface area contributed by atoms with E-state index in [9.17, 15) is 8.42 Å². The van der Waals surface area contributed by atoms with Gasteiger partial charge in [0, 0.05) is 16.1 Å². The molecule has 0 unspecified atom stereocenters. The van der Waals surface area contributed by atoms with Crippen LogP contribution < -0.4 is 14.2 Å². The van der Waals surface area contributed by atoms with Crippen LogP contribution in [-0.2, 0) is 10.0 Å². The highest BCUT2D eigenvalue weighted by molar-refractivity contribution is 9.10. The number of sulfonamides is 1. The average Bonchev–Trinajstić information content (AvgIpc) is 2.54. The van der Waals surface area contributed by atoms with Crippen LogP contribution in [0.3, 0.4) is 0 Å². The van der Waals surface area contributed by atoms with Gasteiger partial charge in [-0.25, -0.2) is 13.1 Å². The van der Waals surface area contributed by atoms with Gasteiger partial charge in [0.05, 0.1) is 19.1 Å². The highest BCUT2D eigenvalue weighted by Crippen LogP contribution is 2.31. The number of methoxy groups -OCH3 is 2. The normalized spacial score (nSPS) is 12.7. The van der Waals surface area contributed by atoms with Crippen LogP contribution in [0.2, 0.25) is 0 Å². The maximum absolute atomic E-state index is 12.6. The molecule has 1 N–H and O–H groups in total. The minimum Gasteiger partial charge on any atom is -0.497 e. The maximum Gasteiger partial charge on any atom is 0.242 e. The van der Waals surface area contributed by atoms with Crippen LogP contribution in [0.5, 0.6) is 11.5 Å². The lowest BCUT2D eigenvalue weighted by Gasteiger charge is -2.18. The predicted octanol–water partition coefficient (Wildman–Crippen LogP) is 3.51. The van der Waals surface area contributed by atoms with Crippen molar-refractivity contribution in [3.8, 4) is 11.5 Å². The highest BCUT2D eigenvalue weighted by Gasteiger charge is 2.22. The smallest absolute Gasteiger partial charge is 0.242 e. The second-order valence-corrected chi connectivity index (χ2v) is 7.42. The van der Waals surface area contributed by atoms with Gasteiger partial charge in [-0.3, -0.25) is 0 Å². The van der Waals surface area contributed by atoms with E-state index in [1.54, 1.807) is 63.6 Å². The van der Waals surface area contributed by atoms with Gasteiger partial charge in [0.1, 0.15) is 11.5 Å². The summed E-state index contributed by atoms with van der Waals surface area (Å²) in [5.41, 5.74) is 0.697. The molecule has 0 aliphatic rings. The fourth-order valence-electron chi connectivity index (χ4n) is 2.20. The first-order chi connectivity index (χ1) is 10.9. The molecule has 2 aromatic carbocycles. The van der Waals surface area contributed by atoms with Gasteiger partial charge in [0.2, 0.25) is 10.0 Å². The molecule has 0 aromatic heterocycles. The Kier molecular flexibility index (Phi) is 5.67. The van der Waals surface area contributed by atoms with Gasteiger partial charge in [-0.05, 0) is 53.2 Å². The van der Waals surface area contributed by atoms with E-state index in [4.69, 9.17) is 9.47 Å². The first-order valence-electron chi connectivity index (χ1n) is 6.88. The van der Waals surface area contributed by atoms with E-state index < -0.39 is 16.1 Å². The predicted molar refractivity (Wildman–Crippen MR) is 92.4 cm³/mol. The number of ether oxygens (including phenoxy) is 2. The van der Waals surface area contributed by atoms with Gasteiger partial charge < -0.3 is 9.47 Å². The molecule has 0 aliphatic heterocycles. The van der Waals surface area contributed by atoms with Crippen molar-refractivity contribution in [3.63, 3.8) is 0 Å². The minimum atomic E-state index is -3.68. The zero-order chi connectivity index (χ0) is 17.0. The number of rotatable bonds is 6. The standard InChI is InChI=1S/C16H18BrNO4S/c1-11(13-10-12(21-2)8-9-15(13)22-3)18-23(19,20)16-7-5-4-6-14(16)17/h4-11,18H,1-3H3/t11-/m1/s1. The monoisotopic (exact) mass is 399 g/mol. The zero-order valence-electron chi connectivity index (χ0n) is 13.0. The molecule has 0 bridgehead atoms. The summed E-state index contributed by atoms with van der Waals surface area (Å²) >= 11 is 3.27. The molecule has 23 heavy (non-hydrogen) atoms. The summed E-state index contributed by atoms with van der Waals surface area (Å²) in [6.07, 6.45) is 0. The molecule has 0 amide bonds. The van der Waals surface area contributed by atoms with E-state index in [1.807, 2.05) is 0 Å². The van der Waals surface area contributed by atoms with Gasteiger partial charge in [0.15, 0.2) is 0 Å². The number of nitrogens with one attached hydrogen (secondary N) is 1. The summed E-state index contributed by atoms with van der Waals surface area (Å²) in [4.78, 5) is 0.189. The first-order valence-corrected chi connectivity index (χ1v) is 9.15. The lowest BCUT2D eigenvalue weighted by Crippen LogP contribution is -2.27. The van der Waals surface area contributed by atoms with E-state index in [-0.39, 0.29) is 4.90 Å². The molecular formula is C16H18BrNO4S. The molecule has 0 spiro atoms. The third-order valence-electron chi connectivity index (χ3n) is 3.36. The van der Waals surface area contributed by atoms with Crippen molar-refractivity contribution in [2.45, 2.75) is 17.9 Å². The van der Waals surface area contributed by atoms with Crippen molar-refractivity contribution < 1.29 is 17.9 Å². The topological polar surface area (TPSA) is 64.6 Å². The van der Waals surface area contributed by atoms with E-state index >= 15 is 0 Å². The van der Waals surface area contributed by atoms with Gasteiger partial charge in [-0.1, -0.05) is 12.1 Å². The van der Waals surface area contributed by atoms with Crippen molar-refractivity contribution in [3.05, 3.63) is 52.5 Å². The Bertz CT molecular complexity index is 792. The fourth-order valence-corrected chi connectivity index (χ4v) is 4.43. The summed E-state index contributed by atoms with van der Waals surface area (Å²) < 4.78 is 38.8. The van der Waals surface area contributed by atoms with Crippen molar-refractivity contribution in [2.75, 3.05) is 14.2 Å². The van der Waals surface area contributed by atoms with Crippen molar-refractivity contribution >= 4 is 26.0 Å². The Balaban J connectivity index is 2.35. The lowest BCUT2D eigenvalue weighted by atomic mass is 10.1. The van der Waals surface area contributed by atoms with Crippen molar-refractivity contribution in [1.29, 1.82) is 0 Å². The Labute approximate surface area is 144 Å². The molecule has 124 valence electrons. The third-order valence-corrected chi connectivity index (χ3v) is 5.91.